The number of esters is 1. The topological polar surface area (TPSA) is 83.8 Å². The van der Waals surface area contributed by atoms with Crippen LogP contribution in [-0.2, 0) is 14.3 Å². The van der Waals surface area contributed by atoms with Crippen LogP contribution in [0.4, 0.5) is 0 Å². The molecule has 2 bridgehead atoms. The fraction of sp³-hybridized carbons (Fsp3) is 0.667. The summed E-state index contributed by atoms with van der Waals surface area (Å²) >= 11 is 21.4. The number of Topliss-reactive ketones (excluding diaryl/α,β-unsaturated/α-hetero) is 1. The molecule has 3 aliphatic rings. The average molecular weight is 536 g/mol. The summed E-state index contributed by atoms with van der Waals surface area (Å²) in [6, 6.07) is 0. The van der Waals surface area contributed by atoms with Gasteiger partial charge in [0.1, 0.15) is 27.3 Å². The number of hydrogen-bond acceptors (Lipinski definition) is 7. The van der Waals surface area contributed by atoms with E-state index in [2.05, 4.69) is 31.3 Å². The molecule has 0 saturated heterocycles. The largest absolute Gasteiger partial charge is 0.458 e. The maximum Gasteiger partial charge on any atom is 0.322 e. The van der Waals surface area contributed by atoms with Crippen molar-refractivity contribution in [2.24, 2.45) is 29.6 Å². The van der Waals surface area contributed by atoms with Crippen molar-refractivity contribution >= 4 is 60.2 Å². The zero-order valence-electron chi connectivity index (χ0n) is 18.7. The lowest BCUT2D eigenvalue weighted by Crippen LogP contribution is -2.61. The van der Waals surface area contributed by atoms with E-state index in [4.69, 9.17) is 27.9 Å². The minimum absolute atomic E-state index is 0.0450. The van der Waals surface area contributed by atoms with Crippen LogP contribution in [0.3, 0.4) is 0 Å². The molecular formula is C24H32Cl2O5S2. The Balaban J connectivity index is 2.07. The summed E-state index contributed by atoms with van der Waals surface area (Å²) in [7, 11) is 0. The minimum Gasteiger partial charge on any atom is -0.458 e. The molecule has 5 nitrogen and oxygen atoms in total. The molecule has 10 atom stereocenters. The molecular weight excluding hydrogens is 503 g/mol. The first-order chi connectivity index (χ1) is 15.4. The van der Waals surface area contributed by atoms with Gasteiger partial charge in [-0.1, -0.05) is 43.7 Å². The number of aliphatic hydroxyl groups is 2. The van der Waals surface area contributed by atoms with E-state index in [1.54, 1.807) is 19.1 Å². The van der Waals surface area contributed by atoms with Gasteiger partial charge < -0.3 is 14.9 Å². The van der Waals surface area contributed by atoms with Crippen LogP contribution in [0.15, 0.2) is 36.5 Å². The van der Waals surface area contributed by atoms with Crippen molar-refractivity contribution in [3.63, 3.8) is 0 Å². The predicted molar refractivity (Wildman–Crippen MR) is 137 cm³/mol. The lowest BCUT2D eigenvalue weighted by molar-refractivity contribution is -0.149. The number of hydrogen-bond donors (Lipinski definition) is 4. The number of rotatable bonds is 4. The van der Waals surface area contributed by atoms with Crippen molar-refractivity contribution in [3.05, 3.63) is 36.5 Å². The van der Waals surface area contributed by atoms with Crippen LogP contribution in [0, 0.1) is 29.6 Å². The molecule has 33 heavy (non-hydrogen) atoms. The van der Waals surface area contributed by atoms with E-state index >= 15 is 0 Å². The number of carbonyl (C=O) groups is 2. The first-order valence-corrected chi connectivity index (χ1v) is 13.2. The monoisotopic (exact) mass is 534 g/mol. The molecule has 1 aliphatic heterocycles. The van der Waals surface area contributed by atoms with E-state index in [9.17, 15) is 19.8 Å². The standard InChI is InChI=1S/C24H32Cl2O5S2/c1-3-16-15(10-23(30,33)12-25)8-9-17-14-7-5-4-6-13(2)31-22(29)19(32)21(28)24(26,11-14)20(27)18(16)17/h4-9,13-19,21,28,30,32-33H,3,10-12H2,1-2H3/b6-4+,7-5-/t13-,14-,15+,16+,17-,18-,19-,21?,23-,24?/m0/s1. The Morgan fingerprint density at radius 2 is 1.91 bits per heavy atom. The second-order valence-electron chi connectivity index (χ2n) is 9.44. The number of halogens is 2. The Morgan fingerprint density at radius 1 is 1.24 bits per heavy atom. The highest BCUT2D eigenvalue weighted by Gasteiger charge is 2.59. The summed E-state index contributed by atoms with van der Waals surface area (Å²) in [5, 5.41) is 20.3. The summed E-state index contributed by atoms with van der Waals surface area (Å²) in [6.07, 6.45) is 10.6. The highest BCUT2D eigenvalue weighted by atomic mass is 35.5. The summed E-state index contributed by atoms with van der Waals surface area (Å²) in [5.41, 5.74) is 0. The van der Waals surface area contributed by atoms with Crippen molar-refractivity contribution in [1.29, 1.82) is 0 Å². The lowest BCUT2D eigenvalue weighted by Gasteiger charge is -2.51. The zero-order chi connectivity index (χ0) is 24.6. The van der Waals surface area contributed by atoms with Crippen LogP contribution < -0.4 is 0 Å². The number of cyclic esters (lactones) is 1. The molecule has 0 spiro atoms. The highest BCUT2D eigenvalue weighted by molar-refractivity contribution is 7.82. The van der Waals surface area contributed by atoms with Crippen LogP contribution in [0.1, 0.15) is 33.1 Å². The van der Waals surface area contributed by atoms with E-state index in [1.807, 2.05) is 25.2 Å². The van der Waals surface area contributed by atoms with Gasteiger partial charge in [-0.3, -0.25) is 9.59 Å². The van der Waals surface area contributed by atoms with Gasteiger partial charge in [-0.15, -0.1) is 35.8 Å². The van der Waals surface area contributed by atoms with Crippen LogP contribution in [-0.4, -0.2) is 55.1 Å². The molecule has 3 rings (SSSR count). The van der Waals surface area contributed by atoms with E-state index in [1.165, 1.54) is 0 Å². The third-order valence-electron chi connectivity index (χ3n) is 7.16. The van der Waals surface area contributed by atoms with Gasteiger partial charge >= 0.3 is 5.97 Å². The van der Waals surface area contributed by atoms with Gasteiger partial charge in [0.2, 0.25) is 0 Å². The van der Waals surface area contributed by atoms with Gasteiger partial charge in [0.05, 0.1) is 5.88 Å². The first kappa shape index (κ1) is 27.2. The number of allylic oxidation sites excluding steroid dienone is 5. The minimum atomic E-state index is -1.69. The van der Waals surface area contributed by atoms with Crippen LogP contribution in [0.25, 0.3) is 0 Å². The molecule has 2 aliphatic carbocycles. The van der Waals surface area contributed by atoms with E-state index < -0.39 is 39.2 Å². The molecule has 9 heteroatoms. The first-order valence-electron chi connectivity index (χ1n) is 11.3. The second kappa shape index (κ2) is 10.7. The summed E-state index contributed by atoms with van der Waals surface area (Å²) < 4.78 is 5.33. The molecule has 1 heterocycles. The third-order valence-corrected chi connectivity index (χ3v) is 9.18. The van der Waals surface area contributed by atoms with Gasteiger partial charge in [-0.2, -0.15) is 12.6 Å². The highest BCUT2D eigenvalue weighted by Crippen LogP contribution is 2.53. The van der Waals surface area contributed by atoms with Crippen molar-refractivity contribution in [1.82, 2.24) is 0 Å². The van der Waals surface area contributed by atoms with Crippen LogP contribution in [0.5, 0.6) is 0 Å². The average Bonchev–Trinajstić information content (AvgIpc) is 2.77. The summed E-state index contributed by atoms with van der Waals surface area (Å²) in [4.78, 5) is 23.4. The van der Waals surface area contributed by atoms with Gasteiger partial charge in [-0.05, 0) is 49.5 Å². The number of carbonyl (C=O) groups excluding carboxylic acids is 2. The number of fused-ring (bicyclic) bond motifs is 4. The van der Waals surface area contributed by atoms with Crippen molar-refractivity contribution < 1.29 is 24.5 Å². The number of ether oxygens (including phenoxy) is 1. The molecule has 184 valence electrons. The number of aliphatic hydroxyl groups excluding tert-OH is 1. The quantitative estimate of drug-likeness (QED) is 0.144. The molecule has 0 radical (unpaired) electrons. The van der Waals surface area contributed by atoms with Crippen LogP contribution in [0.2, 0.25) is 0 Å². The molecule has 0 aromatic heterocycles. The number of thiol groups is 2. The molecule has 0 amide bonds. The zero-order valence-corrected chi connectivity index (χ0v) is 22.0. The molecule has 0 aromatic carbocycles. The lowest BCUT2D eigenvalue weighted by atomic mass is 9.56. The maximum atomic E-state index is 13.9. The molecule has 1 fully saturated rings. The van der Waals surface area contributed by atoms with Gasteiger partial charge in [0.15, 0.2) is 5.78 Å². The molecule has 2 unspecified atom stereocenters. The maximum absolute atomic E-state index is 13.9. The number of alkyl halides is 2. The summed E-state index contributed by atoms with van der Waals surface area (Å²) in [5.74, 6) is -2.09. The Bertz CT molecular complexity index is 845. The SMILES string of the molecule is CC[C@H]1[C@@H]2C(=O)C3(Cl)C[C@H](/C=C\C=C\[C@H](C)OC(=O)[C@@H](S)C3O)[C@@H]2C=C[C@@H]1C[C@](O)(S)CCl. The van der Waals surface area contributed by atoms with Gasteiger partial charge in [0.25, 0.3) is 0 Å². The number of ketones is 1. The Hall–Kier alpha value is -0.440. The third kappa shape index (κ3) is 5.54. The molecule has 0 aromatic rings. The Morgan fingerprint density at radius 3 is 2.55 bits per heavy atom. The predicted octanol–water partition coefficient (Wildman–Crippen LogP) is 3.96. The Kier molecular flexibility index (Phi) is 8.78. The molecule has 2 N–H and O–H groups in total. The Labute approximate surface area is 216 Å². The van der Waals surface area contributed by atoms with E-state index in [-0.39, 0.29) is 48.2 Å². The fourth-order valence-corrected chi connectivity index (χ4v) is 6.64. The normalized spacial score (nSPS) is 45.1. The van der Waals surface area contributed by atoms with E-state index in [0.29, 0.717) is 6.42 Å². The summed E-state index contributed by atoms with van der Waals surface area (Å²) in [6.45, 7) is 3.70. The van der Waals surface area contributed by atoms with Gasteiger partial charge in [-0.25, -0.2) is 0 Å². The van der Waals surface area contributed by atoms with Crippen molar-refractivity contribution in [2.45, 2.75) is 60.4 Å². The fourth-order valence-electron chi connectivity index (χ4n) is 5.49. The second-order valence-corrected chi connectivity index (χ2v) is 11.8. The van der Waals surface area contributed by atoms with E-state index in [0.717, 1.165) is 0 Å². The van der Waals surface area contributed by atoms with Gasteiger partial charge in [0, 0.05) is 5.92 Å². The van der Waals surface area contributed by atoms with Crippen molar-refractivity contribution in [2.75, 3.05) is 5.88 Å². The van der Waals surface area contributed by atoms with Crippen molar-refractivity contribution in [3.8, 4) is 0 Å². The molecule has 1 saturated carbocycles. The van der Waals surface area contributed by atoms with Crippen LogP contribution >= 0.6 is 48.5 Å². The smallest absolute Gasteiger partial charge is 0.322 e.